The first-order valence-corrected chi connectivity index (χ1v) is 6.10. The van der Waals surface area contributed by atoms with Crippen molar-refractivity contribution in [3.05, 3.63) is 0 Å². The van der Waals surface area contributed by atoms with Crippen LogP contribution in [-0.4, -0.2) is 36.2 Å². The zero-order valence-electron chi connectivity index (χ0n) is 10.6. The van der Waals surface area contributed by atoms with Gasteiger partial charge in [-0.1, -0.05) is 6.92 Å². The summed E-state index contributed by atoms with van der Waals surface area (Å²) < 4.78 is 0. The molecule has 16 heavy (non-hydrogen) atoms. The maximum Gasteiger partial charge on any atom is 0.227 e. The van der Waals surface area contributed by atoms with Crippen LogP contribution in [0.1, 0.15) is 40.0 Å². The van der Waals surface area contributed by atoms with Crippen LogP contribution in [-0.2, 0) is 4.79 Å². The lowest BCUT2D eigenvalue weighted by Gasteiger charge is -2.32. The van der Waals surface area contributed by atoms with Gasteiger partial charge in [-0.05, 0) is 39.7 Å². The Labute approximate surface area is 97.8 Å². The SMILES string of the molecule is CCC1(C(=O)NC(C)(C)CCO)CCNC1. The van der Waals surface area contributed by atoms with E-state index in [2.05, 4.69) is 17.6 Å². The molecule has 0 aliphatic carbocycles. The van der Waals surface area contributed by atoms with Gasteiger partial charge >= 0.3 is 0 Å². The van der Waals surface area contributed by atoms with Crippen molar-refractivity contribution in [2.24, 2.45) is 5.41 Å². The van der Waals surface area contributed by atoms with Crippen molar-refractivity contribution in [2.45, 2.75) is 45.6 Å². The summed E-state index contributed by atoms with van der Waals surface area (Å²) in [4.78, 5) is 12.3. The molecular formula is C12H24N2O2. The van der Waals surface area contributed by atoms with E-state index < -0.39 is 0 Å². The summed E-state index contributed by atoms with van der Waals surface area (Å²) >= 11 is 0. The van der Waals surface area contributed by atoms with Gasteiger partial charge in [-0.2, -0.15) is 0 Å². The number of amides is 1. The zero-order chi connectivity index (χ0) is 12.2. The third kappa shape index (κ3) is 2.95. The van der Waals surface area contributed by atoms with Crippen molar-refractivity contribution < 1.29 is 9.90 Å². The van der Waals surface area contributed by atoms with Crippen LogP contribution in [0, 0.1) is 5.41 Å². The molecule has 1 saturated heterocycles. The van der Waals surface area contributed by atoms with Crippen molar-refractivity contribution in [3.63, 3.8) is 0 Å². The van der Waals surface area contributed by atoms with Crippen molar-refractivity contribution in [2.75, 3.05) is 19.7 Å². The fourth-order valence-corrected chi connectivity index (χ4v) is 2.18. The van der Waals surface area contributed by atoms with Crippen LogP contribution in [0.4, 0.5) is 0 Å². The van der Waals surface area contributed by atoms with E-state index in [9.17, 15) is 4.79 Å². The number of carbonyl (C=O) groups is 1. The van der Waals surface area contributed by atoms with Crippen molar-refractivity contribution in [1.29, 1.82) is 0 Å². The lowest BCUT2D eigenvalue weighted by atomic mass is 9.82. The van der Waals surface area contributed by atoms with Gasteiger partial charge in [0, 0.05) is 18.7 Å². The van der Waals surface area contributed by atoms with Gasteiger partial charge < -0.3 is 15.7 Å². The Kier molecular flexibility index (Phi) is 4.33. The van der Waals surface area contributed by atoms with Gasteiger partial charge in [-0.3, -0.25) is 4.79 Å². The number of hydrogen-bond acceptors (Lipinski definition) is 3. The molecule has 0 aromatic rings. The lowest BCUT2D eigenvalue weighted by molar-refractivity contribution is -0.132. The van der Waals surface area contributed by atoms with E-state index >= 15 is 0 Å². The minimum atomic E-state index is -0.323. The second-order valence-electron chi connectivity index (χ2n) is 5.37. The molecule has 1 atom stereocenters. The van der Waals surface area contributed by atoms with Crippen molar-refractivity contribution in [1.82, 2.24) is 10.6 Å². The quantitative estimate of drug-likeness (QED) is 0.647. The molecule has 1 fully saturated rings. The van der Waals surface area contributed by atoms with E-state index in [4.69, 9.17) is 5.11 Å². The average Bonchev–Trinajstić information content (AvgIpc) is 2.66. The molecule has 94 valence electrons. The molecule has 0 radical (unpaired) electrons. The number of rotatable bonds is 5. The lowest BCUT2D eigenvalue weighted by Crippen LogP contribution is -2.51. The first-order valence-electron chi connectivity index (χ1n) is 6.10. The molecular weight excluding hydrogens is 204 g/mol. The number of aliphatic hydroxyl groups is 1. The van der Waals surface area contributed by atoms with Crippen molar-refractivity contribution in [3.8, 4) is 0 Å². The third-order valence-corrected chi connectivity index (χ3v) is 3.59. The molecule has 0 bridgehead atoms. The van der Waals surface area contributed by atoms with Gasteiger partial charge in [0.25, 0.3) is 0 Å². The van der Waals surface area contributed by atoms with E-state index in [1.165, 1.54) is 0 Å². The van der Waals surface area contributed by atoms with Gasteiger partial charge in [-0.15, -0.1) is 0 Å². The molecule has 0 aromatic carbocycles. The molecule has 1 aliphatic heterocycles. The summed E-state index contributed by atoms with van der Waals surface area (Å²) in [6, 6.07) is 0. The Hall–Kier alpha value is -0.610. The van der Waals surface area contributed by atoms with Crippen LogP contribution in [0.25, 0.3) is 0 Å². The van der Waals surface area contributed by atoms with E-state index in [1.54, 1.807) is 0 Å². The van der Waals surface area contributed by atoms with Crippen LogP contribution >= 0.6 is 0 Å². The Balaban J connectivity index is 2.63. The Morgan fingerprint density at radius 1 is 1.56 bits per heavy atom. The standard InChI is InChI=1S/C12H24N2O2/c1-4-12(5-7-13-9-12)10(16)14-11(2,3)6-8-15/h13,15H,4-9H2,1-3H3,(H,14,16). The summed E-state index contributed by atoms with van der Waals surface area (Å²) in [7, 11) is 0. The first-order chi connectivity index (χ1) is 7.46. The smallest absolute Gasteiger partial charge is 0.227 e. The molecule has 1 heterocycles. The summed E-state index contributed by atoms with van der Waals surface area (Å²) in [6.45, 7) is 7.75. The van der Waals surface area contributed by atoms with E-state index in [-0.39, 0.29) is 23.5 Å². The highest BCUT2D eigenvalue weighted by molar-refractivity contribution is 5.83. The van der Waals surface area contributed by atoms with Crippen LogP contribution in [0.5, 0.6) is 0 Å². The second kappa shape index (κ2) is 5.15. The maximum absolute atomic E-state index is 12.3. The molecule has 1 amide bonds. The van der Waals surface area contributed by atoms with Gasteiger partial charge in [0.2, 0.25) is 5.91 Å². The molecule has 0 aromatic heterocycles. The first kappa shape index (κ1) is 13.5. The van der Waals surface area contributed by atoms with Gasteiger partial charge in [-0.25, -0.2) is 0 Å². The molecule has 1 rings (SSSR count). The minimum Gasteiger partial charge on any atom is -0.396 e. The summed E-state index contributed by atoms with van der Waals surface area (Å²) in [5, 5.41) is 15.2. The normalized spacial score (nSPS) is 25.8. The summed E-state index contributed by atoms with van der Waals surface area (Å²) in [5.74, 6) is 0.124. The summed E-state index contributed by atoms with van der Waals surface area (Å²) in [5.41, 5.74) is -0.566. The average molecular weight is 228 g/mol. The van der Waals surface area contributed by atoms with E-state index in [0.29, 0.717) is 6.42 Å². The number of carbonyl (C=O) groups excluding carboxylic acids is 1. The fraction of sp³-hybridized carbons (Fsp3) is 0.917. The number of aliphatic hydroxyl groups excluding tert-OH is 1. The summed E-state index contributed by atoms with van der Waals surface area (Å²) in [6.07, 6.45) is 2.36. The van der Waals surface area contributed by atoms with E-state index in [1.807, 2.05) is 13.8 Å². The Morgan fingerprint density at radius 3 is 2.69 bits per heavy atom. The van der Waals surface area contributed by atoms with E-state index in [0.717, 1.165) is 25.9 Å². The molecule has 1 aliphatic rings. The largest absolute Gasteiger partial charge is 0.396 e. The van der Waals surface area contributed by atoms with Gasteiger partial charge in [0.1, 0.15) is 0 Å². The maximum atomic E-state index is 12.3. The highest BCUT2D eigenvalue weighted by atomic mass is 16.3. The van der Waals surface area contributed by atoms with Gasteiger partial charge in [0.15, 0.2) is 0 Å². The molecule has 0 spiro atoms. The molecule has 4 heteroatoms. The highest BCUT2D eigenvalue weighted by Crippen LogP contribution is 2.30. The highest BCUT2D eigenvalue weighted by Gasteiger charge is 2.41. The zero-order valence-corrected chi connectivity index (χ0v) is 10.6. The van der Waals surface area contributed by atoms with Crippen LogP contribution < -0.4 is 10.6 Å². The Morgan fingerprint density at radius 2 is 2.25 bits per heavy atom. The minimum absolute atomic E-state index is 0.102. The molecule has 3 N–H and O–H groups in total. The number of hydrogen-bond donors (Lipinski definition) is 3. The number of nitrogens with one attached hydrogen (secondary N) is 2. The predicted molar refractivity (Wildman–Crippen MR) is 64.1 cm³/mol. The molecule has 1 unspecified atom stereocenters. The van der Waals surface area contributed by atoms with Crippen molar-refractivity contribution >= 4 is 5.91 Å². The second-order valence-corrected chi connectivity index (χ2v) is 5.37. The monoisotopic (exact) mass is 228 g/mol. The topological polar surface area (TPSA) is 61.4 Å². The third-order valence-electron chi connectivity index (χ3n) is 3.59. The van der Waals surface area contributed by atoms with Gasteiger partial charge in [0.05, 0.1) is 5.41 Å². The van der Waals surface area contributed by atoms with Crippen LogP contribution in [0.2, 0.25) is 0 Å². The van der Waals surface area contributed by atoms with Crippen LogP contribution in [0.3, 0.4) is 0 Å². The molecule has 0 saturated carbocycles. The molecule has 4 nitrogen and oxygen atoms in total. The Bertz CT molecular complexity index is 245. The fourth-order valence-electron chi connectivity index (χ4n) is 2.18. The predicted octanol–water partition coefficient (Wildman–Crippen LogP) is 0.653. The van der Waals surface area contributed by atoms with Crippen LogP contribution in [0.15, 0.2) is 0 Å².